The summed E-state index contributed by atoms with van der Waals surface area (Å²) in [6.45, 7) is 3.48. The number of phenolic OH excluding ortho intramolecular Hbond substituents is 2. The zero-order valence-corrected chi connectivity index (χ0v) is 19.9. The molecule has 0 amide bonds. The lowest BCUT2D eigenvalue weighted by Gasteiger charge is -2.51. The molecule has 4 atom stereocenters. The van der Waals surface area contributed by atoms with Crippen LogP contribution >= 0.6 is 0 Å². The zero-order chi connectivity index (χ0) is 24.9. The second-order valence-electron chi connectivity index (χ2n) is 9.75. The van der Waals surface area contributed by atoms with Gasteiger partial charge >= 0.3 is 0 Å². The first-order chi connectivity index (χ1) is 16.7. The van der Waals surface area contributed by atoms with Gasteiger partial charge in [-0.1, -0.05) is 30.3 Å². The molecular weight excluding hydrogens is 444 g/mol. The van der Waals surface area contributed by atoms with E-state index in [0.29, 0.717) is 41.0 Å². The van der Waals surface area contributed by atoms with E-state index in [-0.39, 0.29) is 40.5 Å². The van der Waals surface area contributed by atoms with E-state index in [1.807, 2.05) is 19.1 Å². The number of carbonyl (C=O) groups is 2. The van der Waals surface area contributed by atoms with Crippen molar-refractivity contribution in [2.75, 3.05) is 7.11 Å². The molecule has 2 N–H and O–H groups in total. The molecular formula is C29H28O6. The van der Waals surface area contributed by atoms with E-state index in [0.717, 1.165) is 0 Å². The van der Waals surface area contributed by atoms with E-state index in [1.54, 1.807) is 49.6 Å². The monoisotopic (exact) mass is 472 g/mol. The number of hydrogen-bond acceptors (Lipinski definition) is 6. The van der Waals surface area contributed by atoms with Gasteiger partial charge in [-0.25, -0.2) is 0 Å². The Morgan fingerprint density at radius 3 is 2.23 bits per heavy atom. The summed E-state index contributed by atoms with van der Waals surface area (Å²) < 4.78 is 12.2. The van der Waals surface area contributed by atoms with Gasteiger partial charge in [-0.3, -0.25) is 9.59 Å². The van der Waals surface area contributed by atoms with Crippen LogP contribution < -0.4 is 9.47 Å². The maximum atomic E-state index is 14.2. The first-order valence-electron chi connectivity index (χ1n) is 11.7. The van der Waals surface area contributed by atoms with Crippen molar-refractivity contribution >= 4 is 11.6 Å². The molecule has 1 fully saturated rings. The van der Waals surface area contributed by atoms with Gasteiger partial charge in [0, 0.05) is 23.3 Å². The minimum absolute atomic E-state index is 0.0846. The smallest absolute Gasteiger partial charge is 0.170 e. The quantitative estimate of drug-likeness (QED) is 0.468. The fraction of sp³-hybridized carbons (Fsp3) is 0.310. The van der Waals surface area contributed by atoms with Crippen molar-refractivity contribution in [1.29, 1.82) is 0 Å². The highest BCUT2D eigenvalue weighted by Crippen LogP contribution is 2.60. The van der Waals surface area contributed by atoms with Gasteiger partial charge in [0.2, 0.25) is 0 Å². The largest absolute Gasteiger partial charge is 0.508 e. The molecule has 5 rings (SSSR count). The highest BCUT2D eigenvalue weighted by molar-refractivity contribution is 6.02. The first kappa shape index (κ1) is 23.0. The molecule has 1 heterocycles. The molecule has 6 nitrogen and oxygen atoms in total. The molecule has 0 saturated heterocycles. The van der Waals surface area contributed by atoms with Gasteiger partial charge in [-0.2, -0.15) is 0 Å². The number of benzene rings is 3. The first-order valence-corrected chi connectivity index (χ1v) is 11.7. The summed E-state index contributed by atoms with van der Waals surface area (Å²) in [6.07, 6.45) is 0.991. The Balaban J connectivity index is 1.77. The predicted molar refractivity (Wildman–Crippen MR) is 131 cm³/mol. The maximum absolute atomic E-state index is 14.2. The molecule has 3 aromatic rings. The summed E-state index contributed by atoms with van der Waals surface area (Å²) in [5, 5.41) is 21.3. The van der Waals surface area contributed by atoms with Crippen LogP contribution in [0, 0.1) is 5.92 Å². The summed E-state index contributed by atoms with van der Waals surface area (Å²) in [4.78, 5) is 26.7. The number of para-hydroxylation sites is 2. The molecule has 180 valence electrons. The third kappa shape index (κ3) is 3.73. The van der Waals surface area contributed by atoms with Crippen LogP contribution in [0.4, 0.5) is 0 Å². The van der Waals surface area contributed by atoms with Crippen molar-refractivity contribution in [1.82, 2.24) is 0 Å². The highest BCUT2D eigenvalue weighted by atomic mass is 16.5. The number of phenols is 2. The van der Waals surface area contributed by atoms with Crippen LogP contribution in [0.1, 0.15) is 70.4 Å². The van der Waals surface area contributed by atoms with Gasteiger partial charge < -0.3 is 19.7 Å². The van der Waals surface area contributed by atoms with Crippen molar-refractivity contribution < 1.29 is 29.3 Å². The van der Waals surface area contributed by atoms with E-state index in [4.69, 9.17) is 9.47 Å². The number of carbonyl (C=O) groups excluding carboxylic acids is 2. The molecule has 1 aliphatic carbocycles. The second kappa shape index (κ2) is 8.45. The number of aromatic hydroxyl groups is 2. The summed E-state index contributed by atoms with van der Waals surface area (Å²) in [5.74, 6) is -0.677. The Morgan fingerprint density at radius 1 is 0.914 bits per heavy atom. The van der Waals surface area contributed by atoms with Gasteiger partial charge in [-0.15, -0.1) is 0 Å². The van der Waals surface area contributed by atoms with E-state index in [2.05, 4.69) is 0 Å². The standard InChI is InChI=1S/C29H28O6/c1-16(30)17-12-13-24(34-3)26-21-15-29(2,35-28(17)26)14-20(18-8-4-6-10-22(18)31)25(21)27(33)19-9-5-7-11-23(19)32/h4-13,20-21,25,31-32H,14-15H2,1-3H3/t20-,21+,25-,29+/m1/s1. The van der Waals surface area contributed by atoms with Crippen molar-refractivity contribution in [2.45, 2.75) is 44.1 Å². The summed E-state index contributed by atoms with van der Waals surface area (Å²) >= 11 is 0. The number of rotatable bonds is 5. The molecule has 1 saturated carbocycles. The SMILES string of the molecule is COc1ccc(C(C)=O)c2c1[C@H]1C[C@](C)(C[C@H](c3ccccc3O)[C@H]1C(=O)c1ccccc1O)O2. The Hall–Kier alpha value is -3.80. The van der Waals surface area contributed by atoms with Crippen LogP contribution in [0.15, 0.2) is 60.7 Å². The van der Waals surface area contributed by atoms with Crippen molar-refractivity contribution in [2.24, 2.45) is 5.92 Å². The predicted octanol–water partition coefficient (Wildman–Crippen LogP) is 5.62. The van der Waals surface area contributed by atoms with Crippen LogP contribution in [0.5, 0.6) is 23.0 Å². The van der Waals surface area contributed by atoms with Gasteiger partial charge in [-0.05, 0) is 62.6 Å². The summed E-state index contributed by atoms with van der Waals surface area (Å²) in [7, 11) is 1.56. The minimum atomic E-state index is -0.670. The van der Waals surface area contributed by atoms with Crippen molar-refractivity contribution in [3.8, 4) is 23.0 Å². The molecule has 6 heteroatoms. The molecule has 0 aromatic heterocycles. The summed E-state index contributed by atoms with van der Waals surface area (Å²) in [5.41, 5.74) is 1.36. The fourth-order valence-electron chi connectivity index (χ4n) is 5.99. The van der Waals surface area contributed by atoms with Gasteiger partial charge in [0.05, 0.1) is 18.2 Å². The molecule has 2 aliphatic rings. The number of ether oxygens (including phenoxy) is 2. The molecule has 2 bridgehead atoms. The Kier molecular flexibility index (Phi) is 5.55. The number of methoxy groups -OCH3 is 1. The number of hydrogen-bond donors (Lipinski definition) is 2. The molecule has 0 spiro atoms. The molecule has 35 heavy (non-hydrogen) atoms. The van der Waals surface area contributed by atoms with Crippen molar-refractivity contribution in [3.05, 3.63) is 82.9 Å². The molecule has 0 unspecified atom stereocenters. The zero-order valence-electron chi connectivity index (χ0n) is 19.9. The van der Waals surface area contributed by atoms with E-state index in [1.165, 1.54) is 13.0 Å². The Morgan fingerprint density at radius 2 is 1.57 bits per heavy atom. The third-order valence-corrected chi connectivity index (χ3v) is 7.45. The molecule has 3 aromatic carbocycles. The Labute approximate surface area is 204 Å². The normalized spacial score (nSPS) is 24.7. The lowest BCUT2D eigenvalue weighted by molar-refractivity contribution is -0.00825. The maximum Gasteiger partial charge on any atom is 0.170 e. The number of fused-ring (bicyclic) bond motifs is 4. The van der Waals surface area contributed by atoms with Gasteiger partial charge in [0.15, 0.2) is 11.6 Å². The van der Waals surface area contributed by atoms with E-state index < -0.39 is 11.5 Å². The lowest BCUT2D eigenvalue weighted by Crippen LogP contribution is -2.49. The Bertz CT molecular complexity index is 1330. The molecule has 1 aliphatic heterocycles. The van der Waals surface area contributed by atoms with Gasteiger partial charge in [0.25, 0.3) is 0 Å². The number of ketones is 2. The van der Waals surface area contributed by atoms with Crippen molar-refractivity contribution in [3.63, 3.8) is 0 Å². The van der Waals surface area contributed by atoms with Crippen LogP contribution in [0.25, 0.3) is 0 Å². The van der Waals surface area contributed by atoms with E-state index in [9.17, 15) is 19.8 Å². The van der Waals surface area contributed by atoms with Crippen LogP contribution in [0.3, 0.4) is 0 Å². The minimum Gasteiger partial charge on any atom is -0.508 e. The van der Waals surface area contributed by atoms with Crippen LogP contribution in [-0.4, -0.2) is 34.5 Å². The van der Waals surface area contributed by atoms with Crippen LogP contribution in [-0.2, 0) is 0 Å². The lowest BCUT2D eigenvalue weighted by atomic mass is 9.58. The molecule has 0 radical (unpaired) electrons. The average molecular weight is 473 g/mol. The second-order valence-corrected chi connectivity index (χ2v) is 9.75. The fourth-order valence-corrected chi connectivity index (χ4v) is 5.99. The summed E-state index contributed by atoms with van der Waals surface area (Å²) in [6, 6.07) is 17.0. The highest BCUT2D eigenvalue weighted by Gasteiger charge is 2.54. The topological polar surface area (TPSA) is 93.1 Å². The van der Waals surface area contributed by atoms with E-state index >= 15 is 0 Å². The van der Waals surface area contributed by atoms with Gasteiger partial charge in [0.1, 0.15) is 28.6 Å². The average Bonchev–Trinajstić information content (AvgIpc) is 2.82. The number of Topliss-reactive ketones (excluding diaryl/α,β-unsaturated/α-hetero) is 2. The van der Waals surface area contributed by atoms with Crippen LogP contribution in [0.2, 0.25) is 0 Å². The third-order valence-electron chi connectivity index (χ3n) is 7.45.